The van der Waals surface area contributed by atoms with Crippen LogP contribution in [-0.4, -0.2) is 37.7 Å². The van der Waals surface area contributed by atoms with Gasteiger partial charge in [0.15, 0.2) is 0 Å². The number of methoxy groups -OCH3 is 2. The molecule has 0 aromatic heterocycles. The minimum absolute atomic E-state index is 0.0843. The first-order chi connectivity index (χ1) is 8.03. The summed E-state index contributed by atoms with van der Waals surface area (Å²) >= 11 is 1.72. The fourth-order valence-electron chi connectivity index (χ4n) is 1.65. The van der Waals surface area contributed by atoms with Crippen molar-refractivity contribution in [3.63, 3.8) is 0 Å². The van der Waals surface area contributed by atoms with Gasteiger partial charge in [-0.15, -0.1) is 0 Å². The molecule has 1 saturated carbocycles. The molecule has 0 radical (unpaired) electrons. The van der Waals surface area contributed by atoms with Gasteiger partial charge in [0.2, 0.25) is 0 Å². The molecule has 1 atom stereocenters. The third-order valence-corrected chi connectivity index (χ3v) is 4.64. The van der Waals surface area contributed by atoms with E-state index in [1.54, 1.807) is 11.8 Å². The molecule has 4 nitrogen and oxygen atoms in total. The molecule has 0 aromatic rings. The second-order valence-corrected chi connectivity index (χ2v) is 5.72. The molecule has 0 amide bonds. The van der Waals surface area contributed by atoms with Crippen LogP contribution in [0.2, 0.25) is 0 Å². The zero-order valence-corrected chi connectivity index (χ0v) is 11.5. The number of ether oxygens (including phenoxy) is 2. The van der Waals surface area contributed by atoms with Crippen molar-refractivity contribution in [3.8, 4) is 0 Å². The van der Waals surface area contributed by atoms with Gasteiger partial charge in [-0.2, -0.15) is 11.8 Å². The molecule has 0 bridgehead atoms. The molecule has 98 valence electrons. The van der Waals surface area contributed by atoms with Crippen molar-refractivity contribution in [1.29, 1.82) is 0 Å². The fourth-order valence-corrected chi connectivity index (χ4v) is 3.08. The summed E-state index contributed by atoms with van der Waals surface area (Å²) in [6, 6.07) is 0. The highest BCUT2D eigenvalue weighted by Gasteiger charge is 2.44. The summed E-state index contributed by atoms with van der Waals surface area (Å²) in [7, 11) is 2.83. The normalized spacial score (nSPS) is 18.3. The SMILES string of the molecule is COC(=O)CC1(CSCC(C)C(=O)OC)CC1. The molecular weight excluding hydrogens is 240 g/mol. The molecule has 1 fully saturated rings. The smallest absolute Gasteiger partial charge is 0.309 e. The lowest BCUT2D eigenvalue weighted by atomic mass is 10.1. The predicted molar refractivity (Wildman–Crippen MR) is 66.8 cm³/mol. The Morgan fingerprint density at radius 2 is 1.94 bits per heavy atom. The maximum absolute atomic E-state index is 11.2. The van der Waals surface area contributed by atoms with Crippen molar-refractivity contribution in [1.82, 2.24) is 0 Å². The molecule has 1 rings (SSSR count). The summed E-state index contributed by atoms with van der Waals surface area (Å²) in [5.74, 6) is 1.28. The lowest BCUT2D eigenvalue weighted by Gasteiger charge is -2.14. The van der Waals surface area contributed by atoms with Gasteiger partial charge in [-0.1, -0.05) is 6.92 Å². The minimum Gasteiger partial charge on any atom is -0.469 e. The van der Waals surface area contributed by atoms with Gasteiger partial charge in [0.05, 0.1) is 26.6 Å². The molecule has 1 aliphatic carbocycles. The molecule has 1 unspecified atom stereocenters. The van der Waals surface area contributed by atoms with Crippen LogP contribution >= 0.6 is 11.8 Å². The van der Waals surface area contributed by atoms with Gasteiger partial charge in [-0.05, 0) is 24.0 Å². The van der Waals surface area contributed by atoms with Crippen LogP contribution < -0.4 is 0 Å². The van der Waals surface area contributed by atoms with Crippen molar-refractivity contribution in [2.24, 2.45) is 11.3 Å². The van der Waals surface area contributed by atoms with E-state index in [0.717, 1.165) is 24.3 Å². The highest BCUT2D eigenvalue weighted by molar-refractivity contribution is 7.99. The average molecular weight is 260 g/mol. The van der Waals surface area contributed by atoms with Crippen LogP contribution in [0.1, 0.15) is 26.2 Å². The van der Waals surface area contributed by atoms with Gasteiger partial charge in [0, 0.05) is 5.75 Å². The monoisotopic (exact) mass is 260 g/mol. The van der Waals surface area contributed by atoms with Crippen LogP contribution in [-0.2, 0) is 19.1 Å². The number of hydrogen-bond donors (Lipinski definition) is 0. The van der Waals surface area contributed by atoms with Gasteiger partial charge in [-0.3, -0.25) is 9.59 Å². The van der Waals surface area contributed by atoms with E-state index in [-0.39, 0.29) is 23.3 Å². The number of thioether (sulfide) groups is 1. The molecule has 1 aliphatic rings. The maximum Gasteiger partial charge on any atom is 0.309 e. The summed E-state index contributed by atoms with van der Waals surface area (Å²) in [5, 5.41) is 0. The number of carbonyl (C=O) groups excluding carboxylic acids is 2. The lowest BCUT2D eigenvalue weighted by Crippen LogP contribution is -2.17. The Morgan fingerprint density at radius 1 is 1.29 bits per heavy atom. The molecule has 0 aromatic carbocycles. The molecule has 0 spiro atoms. The molecule has 17 heavy (non-hydrogen) atoms. The van der Waals surface area contributed by atoms with E-state index in [4.69, 9.17) is 0 Å². The summed E-state index contributed by atoms with van der Waals surface area (Å²) in [6.45, 7) is 1.86. The number of rotatable bonds is 7. The number of carbonyl (C=O) groups is 2. The zero-order chi connectivity index (χ0) is 12.9. The van der Waals surface area contributed by atoms with Crippen molar-refractivity contribution < 1.29 is 19.1 Å². The summed E-state index contributed by atoms with van der Waals surface area (Å²) in [6.07, 6.45) is 2.67. The van der Waals surface area contributed by atoms with Gasteiger partial charge in [0.1, 0.15) is 0 Å². The van der Waals surface area contributed by atoms with E-state index in [2.05, 4.69) is 9.47 Å². The van der Waals surface area contributed by atoms with E-state index in [9.17, 15) is 9.59 Å². The number of esters is 2. The van der Waals surface area contributed by atoms with E-state index >= 15 is 0 Å². The summed E-state index contributed by atoms with van der Waals surface area (Å²) in [5.41, 5.74) is 0.133. The van der Waals surface area contributed by atoms with Gasteiger partial charge in [0.25, 0.3) is 0 Å². The molecule has 0 aliphatic heterocycles. The third-order valence-electron chi connectivity index (χ3n) is 3.08. The topological polar surface area (TPSA) is 52.6 Å². The zero-order valence-electron chi connectivity index (χ0n) is 10.7. The number of hydrogen-bond acceptors (Lipinski definition) is 5. The van der Waals surface area contributed by atoms with Crippen LogP contribution in [0.4, 0.5) is 0 Å². The second kappa shape index (κ2) is 6.28. The van der Waals surface area contributed by atoms with Crippen molar-refractivity contribution in [2.75, 3.05) is 25.7 Å². The van der Waals surface area contributed by atoms with E-state index in [1.165, 1.54) is 14.2 Å². The summed E-state index contributed by atoms with van der Waals surface area (Å²) < 4.78 is 9.35. The Bertz CT molecular complexity index is 286. The molecule has 0 heterocycles. The molecule has 0 saturated heterocycles. The van der Waals surface area contributed by atoms with Gasteiger partial charge in [-0.25, -0.2) is 0 Å². The van der Waals surface area contributed by atoms with Crippen LogP contribution in [0.25, 0.3) is 0 Å². The molecular formula is C12H20O4S. The maximum atomic E-state index is 11.2. The molecule has 5 heteroatoms. The van der Waals surface area contributed by atoms with Crippen LogP contribution in [0.15, 0.2) is 0 Å². The first-order valence-electron chi connectivity index (χ1n) is 5.75. The quantitative estimate of drug-likeness (QED) is 0.654. The van der Waals surface area contributed by atoms with Crippen molar-refractivity contribution >= 4 is 23.7 Å². The van der Waals surface area contributed by atoms with E-state index in [1.807, 2.05) is 6.92 Å². The highest BCUT2D eigenvalue weighted by Crippen LogP contribution is 2.51. The van der Waals surface area contributed by atoms with Crippen LogP contribution in [0.5, 0.6) is 0 Å². The largest absolute Gasteiger partial charge is 0.469 e. The Hall–Kier alpha value is -0.710. The van der Waals surface area contributed by atoms with Gasteiger partial charge >= 0.3 is 11.9 Å². The Kier molecular flexibility index (Phi) is 5.31. The lowest BCUT2D eigenvalue weighted by molar-refractivity contribution is -0.144. The Labute approximate surface area is 106 Å². The van der Waals surface area contributed by atoms with Crippen LogP contribution in [0, 0.1) is 11.3 Å². The third kappa shape index (κ3) is 4.58. The highest BCUT2D eigenvalue weighted by atomic mass is 32.2. The first-order valence-corrected chi connectivity index (χ1v) is 6.91. The molecule has 0 N–H and O–H groups in total. The van der Waals surface area contributed by atoms with Crippen LogP contribution in [0.3, 0.4) is 0 Å². The Balaban J connectivity index is 2.22. The average Bonchev–Trinajstić information content (AvgIpc) is 3.07. The summed E-state index contributed by atoms with van der Waals surface area (Å²) in [4.78, 5) is 22.4. The second-order valence-electron chi connectivity index (χ2n) is 4.69. The van der Waals surface area contributed by atoms with Crippen molar-refractivity contribution in [2.45, 2.75) is 26.2 Å². The fraction of sp³-hybridized carbons (Fsp3) is 0.833. The van der Waals surface area contributed by atoms with Crippen molar-refractivity contribution in [3.05, 3.63) is 0 Å². The first kappa shape index (κ1) is 14.4. The predicted octanol–water partition coefficient (Wildman–Crippen LogP) is 1.87. The van der Waals surface area contributed by atoms with E-state index < -0.39 is 0 Å². The Morgan fingerprint density at radius 3 is 2.41 bits per heavy atom. The standard InChI is InChI=1S/C12H20O4S/c1-9(11(14)16-3)7-17-8-12(4-5-12)6-10(13)15-2/h9H,4-8H2,1-3H3. The minimum atomic E-state index is -0.171. The van der Waals surface area contributed by atoms with E-state index in [0.29, 0.717) is 6.42 Å². The van der Waals surface area contributed by atoms with Gasteiger partial charge < -0.3 is 9.47 Å².